The fourth-order valence-corrected chi connectivity index (χ4v) is 2.62. The quantitative estimate of drug-likeness (QED) is 0.866. The number of aryl methyl sites for hydroxylation is 1. The van der Waals surface area contributed by atoms with Crippen molar-refractivity contribution in [1.29, 1.82) is 0 Å². The van der Waals surface area contributed by atoms with Gasteiger partial charge in [0.25, 0.3) is 0 Å². The number of aromatic nitrogens is 2. The first-order chi connectivity index (χ1) is 9.83. The molecule has 0 aliphatic heterocycles. The van der Waals surface area contributed by atoms with E-state index in [2.05, 4.69) is 17.2 Å². The highest BCUT2D eigenvalue weighted by atomic mass is 16.2. The molecule has 0 radical (unpaired) electrons. The fraction of sp³-hybridized carbons (Fsp3) is 0.412. The molecule has 0 saturated carbocycles. The first kappa shape index (κ1) is 15.3. The number of nitrogens with zero attached hydrogens (tertiary/aromatic N) is 3. The van der Waals surface area contributed by atoms with Gasteiger partial charge in [-0.25, -0.2) is 0 Å². The zero-order valence-corrected chi connectivity index (χ0v) is 13.4. The number of carbonyl (C=O) groups excluding carboxylic acids is 1. The molecule has 0 unspecified atom stereocenters. The molecule has 0 spiro atoms. The number of carbonyl (C=O) groups is 1. The summed E-state index contributed by atoms with van der Waals surface area (Å²) in [6, 6.07) is 10.2. The Morgan fingerprint density at radius 1 is 1.24 bits per heavy atom. The standard InChI is InChI=1S/C17H23N3O/c1-13-11-18-20(12-17(2,3)16(21)19(4)5)15(13)14-9-7-6-8-10-14/h6-11H,12H2,1-5H3. The molecule has 4 nitrogen and oxygen atoms in total. The Morgan fingerprint density at radius 3 is 2.43 bits per heavy atom. The minimum Gasteiger partial charge on any atom is -0.348 e. The molecule has 1 heterocycles. The van der Waals surface area contributed by atoms with E-state index in [0.717, 1.165) is 16.8 Å². The Morgan fingerprint density at radius 2 is 1.86 bits per heavy atom. The Labute approximate surface area is 126 Å². The van der Waals surface area contributed by atoms with Gasteiger partial charge in [0.15, 0.2) is 0 Å². The minimum atomic E-state index is -0.495. The van der Waals surface area contributed by atoms with Crippen LogP contribution in [0.2, 0.25) is 0 Å². The summed E-state index contributed by atoms with van der Waals surface area (Å²) in [6.07, 6.45) is 1.86. The molecule has 4 heteroatoms. The molecule has 0 atom stereocenters. The number of rotatable bonds is 4. The zero-order chi connectivity index (χ0) is 15.6. The maximum atomic E-state index is 12.3. The van der Waals surface area contributed by atoms with E-state index in [-0.39, 0.29) is 5.91 Å². The van der Waals surface area contributed by atoms with Crippen LogP contribution in [0.15, 0.2) is 36.5 Å². The third-order valence-electron chi connectivity index (χ3n) is 3.60. The molecule has 112 valence electrons. The lowest BCUT2D eigenvalue weighted by atomic mass is 9.91. The van der Waals surface area contributed by atoms with Crippen molar-refractivity contribution in [2.24, 2.45) is 5.41 Å². The molecular formula is C17H23N3O. The summed E-state index contributed by atoms with van der Waals surface area (Å²) >= 11 is 0. The zero-order valence-electron chi connectivity index (χ0n) is 13.4. The maximum absolute atomic E-state index is 12.3. The second-order valence-corrected chi connectivity index (χ2v) is 6.28. The summed E-state index contributed by atoms with van der Waals surface area (Å²) in [5, 5.41) is 4.46. The largest absolute Gasteiger partial charge is 0.348 e. The van der Waals surface area contributed by atoms with Crippen LogP contribution in [0.25, 0.3) is 11.3 Å². The van der Waals surface area contributed by atoms with E-state index in [1.807, 2.05) is 49.8 Å². The highest BCUT2D eigenvalue weighted by molar-refractivity contribution is 5.81. The number of benzene rings is 1. The summed E-state index contributed by atoms with van der Waals surface area (Å²) in [6.45, 7) is 6.52. The molecule has 0 bridgehead atoms. The maximum Gasteiger partial charge on any atom is 0.229 e. The average Bonchev–Trinajstić information content (AvgIpc) is 2.79. The molecule has 1 amide bonds. The van der Waals surface area contributed by atoms with Gasteiger partial charge in [0.2, 0.25) is 5.91 Å². The van der Waals surface area contributed by atoms with Crippen LogP contribution in [-0.2, 0) is 11.3 Å². The molecule has 0 saturated heterocycles. The van der Waals surface area contributed by atoms with Crippen molar-refractivity contribution >= 4 is 5.91 Å². The molecule has 0 N–H and O–H groups in total. The van der Waals surface area contributed by atoms with Gasteiger partial charge in [-0.05, 0) is 26.3 Å². The van der Waals surface area contributed by atoms with Gasteiger partial charge in [-0.1, -0.05) is 30.3 Å². The van der Waals surface area contributed by atoms with Crippen molar-refractivity contribution < 1.29 is 4.79 Å². The van der Waals surface area contributed by atoms with Crippen LogP contribution in [0.1, 0.15) is 19.4 Å². The molecule has 0 aliphatic carbocycles. The normalized spacial score (nSPS) is 11.5. The lowest BCUT2D eigenvalue weighted by Gasteiger charge is -2.27. The Kier molecular flexibility index (Phi) is 4.16. The molecule has 0 aliphatic rings. The van der Waals surface area contributed by atoms with Gasteiger partial charge in [-0.15, -0.1) is 0 Å². The third-order valence-corrected chi connectivity index (χ3v) is 3.60. The average molecular weight is 285 g/mol. The van der Waals surface area contributed by atoms with Gasteiger partial charge >= 0.3 is 0 Å². The lowest BCUT2D eigenvalue weighted by molar-refractivity contribution is -0.138. The third kappa shape index (κ3) is 3.15. The van der Waals surface area contributed by atoms with Crippen LogP contribution in [0.3, 0.4) is 0 Å². The van der Waals surface area contributed by atoms with Crippen molar-refractivity contribution in [1.82, 2.24) is 14.7 Å². The van der Waals surface area contributed by atoms with Crippen LogP contribution >= 0.6 is 0 Å². The first-order valence-corrected chi connectivity index (χ1v) is 7.12. The van der Waals surface area contributed by atoms with Crippen molar-refractivity contribution in [3.05, 3.63) is 42.1 Å². The van der Waals surface area contributed by atoms with Gasteiger partial charge in [-0.3, -0.25) is 9.48 Å². The van der Waals surface area contributed by atoms with Crippen molar-refractivity contribution in [3.63, 3.8) is 0 Å². The van der Waals surface area contributed by atoms with Crippen molar-refractivity contribution in [2.75, 3.05) is 14.1 Å². The van der Waals surface area contributed by atoms with Gasteiger partial charge in [0, 0.05) is 19.7 Å². The van der Waals surface area contributed by atoms with Gasteiger partial charge in [0.1, 0.15) is 0 Å². The van der Waals surface area contributed by atoms with Crippen LogP contribution in [0, 0.1) is 12.3 Å². The van der Waals surface area contributed by atoms with Crippen molar-refractivity contribution in [2.45, 2.75) is 27.3 Å². The first-order valence-electron chi connectivity index (χ1n) is 7.12. The highest BCUT2D eigenvalue weighted by Crippen LogP contribution is 2.27. The summed E-state index contributed by atoms with van der Waals surface area (Å²) in [4.78, 5) is 13.9. The molecule has 2 rings (SSSR count). The second kappa shape index (κ2) is 5.72. The van der Waals surface area contributed by atoms with Crippen LogP contribution in [0.4, 0.5) is 0 Å². The van der Waals surface area contributed by atoms with E-state index >= 15 is 0 Å². The van der Waals surface area contributed by atoms with Crippen LogP contribution in [-0.4, -0.2) is 34.7 Å². The van der Waals surface area contributed by atoms with Crippen LogP contribution < -0.4 is 0 Å². The summed E-state index contributed by atoms with van der Waals surface area (Å²) < 4.78 is 1.94. The SMILES string of the molecule is Cc1cnn(CC(C)(C)C(=O)N(C)C)c1-c1ccccc1. The Bertz CT molecular complexity index is 627. The smallest absolute Gasteiger partial charge is 0.229 e. The predicted molar refractivity (Wildman–Crippen MR) is 84.9 cm³/mol. The van der Waals surface area contributed by atoms with E-state index in [1.165, 1.54) is 0 Å². The van der Waals surface area contributed by atoms with Crippen LogP contribution in [0.5, 0.6) is 0 Å². The molecule has 0 fully saturated rings. The summed E-state index contributed by atoms with van der Waals surface area (Å²) in [5.74, 6) is 0.106. The van der Waals surface area contributed by atoms with E-state index < -0.39 is 5.41 Å². The van der Waals surface area contributed by atoms with Gasteiger partial charge in [0.05, 0.1) is 23.9 Å². The summed E-state index contributed by atoms with van der Waals surface area (Å²) in [7, 11) is 3.58. The molecular weight excluding hydrogens is 262 g/mol. The predicted octanol–water partition coefficient (Wildman–Crippen LogP) is 2.97. The van der Waals surface area contributed by atoms with Crippen molar-refractivity contribution in [3.8, 4) is 11.3 Å². The van der Waals surface area contributed by atoms with E-state index in [1.54, 1.807) is 19.0 Å². The number of hydrogen-bond acceptors (Lipinski definition) is 2. The topological polar surface area (TPSA) is 38.1 Å². The second-order valence-electron chi connectivity index (χ2n) is 6.28. The Hall–Kier alpha value is -2.10. The molecule has 1 aromatic heterocycles. The van der Waals surface area contributed by atoms with E-state index in [9.17, 15) is 4.79 Å². The number of hydrogen-bond donors (Lipinski definition) is 0. The molecule has 1 aromatic carbocycles. The van der Waals surface area contributed by atoms with Gasteiger partial charge < -0.3 is 4.90 Å². The molecule has 2 aromatic rings. The molecule has 21 heavy (non-hydrogen) atoms. The lowest BCUT2D eigenvalue weighted by Crippen LogP contribution is -2.39. The monoisotopic (exact) mass is 285 g/mol. The fourth-order valence-electron chi connectivity index (χ4n) is 2.62. The minimum absolute atomic E-state index is 0.106. The van der Waals surface area contributed by atoms with E-state index in [4.69, 9.17) is 0 Å². The Balaban J connectivity index is 2.37. The van der Waals surface area contributed by atoms with Gasteiger partial charge in [-0.2, -0.15) is 5.10 Å². The highest BCUT2D eigenvalue weighted by Gasteiger charge is 2.31. The van der Waals surface area contributed by atoms with E-state index in [0.29, 0.717) is 6.54 Å². The summed E-state index contributed by atoms with van der Waals surface area (Å²) in [5.41, 5.74) is 2.83. The number of amides is 1.